The predicted molar refractivity (Wildman–Crippen MR) is 168 cm³/mol. The largest absolute Gasteiger partial charge is 0.395 e. The zero-order valence-corrected chi connectivity index (χ0v) is 19.9. The molecule has 1 amide bonds. The van der Waals surface area contributed by atoms with Crippen LogP contribution in [0.15, 0.2) is 65.6 Å². The van der Waals surface area contributed by atoms with Crippen molar-refractivity contribution >= 4 is 25.1 Å². The Hall–Kier alpha value is -3.40. The molecule has 2 aromatic heterocycles. The van der Waals surface area contributed by atoms with Crippen LogP contribution in [-0.2, 0) is 16.8 Å². The first-order valence-corrected chi connectivity index (χ1v) is 10.8. The molecular weight excluding hydrogens is 510 g/mol. The average molecular weight is 558 g/mol. The fourth-order valence-electron chi connectivity index (χ4n) is 4.68. The van der Waals surface area contributed by atoms with Crippen LogP contribution < -0.4 is 10.6 Å². The molecule has 0 fully saturated rings. The van der Waals surface area contributed by atoms with Gasteiger partial charge in [-0.15, -0.1) is 0 Å². The van der Waals surface area contributed by atoms with Gasteiger partial charge in [-0.2, -0.15) is 13.5 Å². The van der Waals surface area contributed by atoms with Gasteiger partial charge in [0.15, 0.2) is 5.54 Å². The number of anilines is 1. The molecule has 39 heavy (non-hydrogen) atoms. The van der Waals surface area contributed by atoms with Crippen LogP contribution in [0.25, 0.3) is 11.1 Å². The molecule has 0 saturated carbocycles. The highest BCUT2D eigenvalue weighted by molar-refractivity contribution is 7.59. The smallest absolute Gasteiger partial charge is 0.254 e. The molecule has 5 rings (SSSR count). The van der Waals surface area contributed by atoms with Crippen molar-refractivity contribution in [2.24, 2.45) is 0 Å². The van der Waals surface area contributed by atoms with E-state index in [2.05, 4.69) is 25.8 Å². The van der Waals surface area contributed by atoms with Crippen molar-refractivity contribution in [3.05, 3.63) is 89.3 Å². The molecule has 1 aliphatic heterocycles. The van der Waals surface area contributed by atoms with Crippen molar-refractivity contribution in [2.45, 2.75) is 69.0 Å². The topological polar surface area (TPSA) is 116 Å². The molecular formula is C30H47N5O3S. The number of aliphatic hydroxyl groups excluding tert-OH is 1. The van der Waals surface area contributed by atoms with Crippen LogP contribution in [0.5, 0.6) is 0 Å². The number of carbonyl (C=O) groups excluding carboxylic acids is 1. The summed E-state index contributed by atoms with van der Waals surface area (Å²) in [5.41, 5.74) is 4.61. The van der Waals surface area contributed by atoms with Crippen LogP contribution in [0, 0.1) is 13.8 Å². The Bertz CT molecular complexity index is 1270. The van der Waals surface area contributed by atoms with Crippen LogP contribution in [-0.4, -0.2) is 38.8 Å². The molecule has 0 saturated heterocycles. The van der Waals surface area contributed by atoms with Gasteiger partial charge in [0.2, 0.25) is 0 Å². The van der Waals surface area contributed by atoms with Crippen molar-refractivity contribution in [1.82, 2.24) is 20.4 Å². The average Bonchev–Trinajstić information content (AvgIpc) is 3.53. The first kappa shape index (κ1) is 37.8. The summed E-state index contributed by atoms with van der Waals surface area (Å²) >= 11 is 0. The third-order valence-corrected chi connectivity index (χ3v) is 6.20. The van der Waals surface area contributed by atoms with E-state index in [9.17, 15) is 9.90 Å². The van der Waals surface area contributed by atoms with Gasteiger partial charge in [0, 0.05) is 41.2 Å². The van der Waals surface area contributed by atoms with Gasteiger partial charge in [0.05, 0.1) is 18.6 Å². The maximum Gasteiger partial charge on any atom is 0.254 e. The summed E-state index contributed by atoms with van der Waals surface area (Å²) < 4.78 is 5.38. The highest BCUT2D eigenvalue weighted by Crippen LogP contribution is 2.44. The minimum absolute atomic E-state index is 0. The second kappa shape index (κ2) is 15.3. The van der Waals surface area contributed by atoms with Gasteiger partial charge in [-0.1, -0.05) is 78.7 Å². The number of nitrogens with one attached hydrogen (secondary N) is 3. The third kappa shape index (κ3) is 6.61. The Morgan fingerprint density at radius 1 is 1.05 bits per heavy atom. The monoisotopic (exact) mass is 557 g/mol. The number of H-pyrrole nitrogens is 1. The highest BCUT2D eigenvalue weighted by Gasteiger charge is 2.49. The van der Waals surface area contributed by atoms with E-state index in [0.29, 0.717) is 6.42 Å². The SMILES string of the molecule is C.C.C.C.C.Cc1noc(C)c1-c1ccc2c(c1)C(N[C@H](CO)Cc1cnc[nH]1)(c1ccccc1)C(=O)N2.S. The predicted octanol–water partition coefficient (Wildman–Crippen LogP) is 6.36. The molecule has 216 valence electrons. The van der Waals surface area contributed by atoms with Gasteiger partial charge in [-0.25, -0.2) is 4.98 Å². The fourth-order valence-corrected chi connectivity index (χ4v) is 4.68. The maximum absolute atomic E-state index is 13.6. The van der Waals surface area contributed by atoms with Crippen molar-refractivity contribution in [3.63, 3.8) is 0 Å². The van der Waals surface area contributed by atoms with Crippen molar-refractivity contribution in [2.75, 3.05) is 11.9 Å². The lowest BCUT2D eigenvalue weighted by molar-refractivity contribution is -0.120. The number of amides is 1. The lowest BCUT2D eigenvalue weighted by Gasteiger charge is -2.33. The Kier molecular flexibility index (Phi) is 14.8. The molecule has 0 bridgehead atoms. The molecule has 3 heterocycles. The molecule has 4 N–H and O–H groups in total. The zero-order valence-electron chi connectivity index (χ0n) is 18.9. The Labute approximate surface area is 241 Å². The van der Waals surface area contributed by atoms with Gasteiger partial charge < -0.3 is 19.9 Å². The molecule has 0 radical (unpaired) electrons. The van der Waals surface area contributed by atoms with E-state index < -0.39 is 11.6 Å². The summed E-state index contributed by atoms with van der Waals surface area (Å²) in [5.74, 6) is 0.526. The Morgan fingerprint density at radius 3 is 2.31 bits per heavy atom. The molecule has 1 aliphatic rings. The lowest BCUT2D eigenvalue weighted by Crippen LogP contribution is -2.55. The van der Waals surface area contributed by atoms with Gasteiger partial charge in [-0.3, -0.25) is 10.1 Å². The van der Waals surface area contributed by atoms with Crippen LogP contribution in [0.1, 0.15) is 65.4 Å². The van der Waals surface area contributed by atoms with Gasteiger partial charge >= 0.3 is 0 Å². The third-order valence-electron chi connectivity index (χ3n) is 6.20. The molecule has 0 spiro atoms. The highest BCUT2D eigenvalue weighted by atomic mass is 32.1. The number of benzene rings is 2. The van der Waals surface area contributed by atoms with Crippen LogP contribution in [0.3, 0.4) is 0 Å². The van der Waals surface area contributed by atoms with Crippen LogP contribution in [0.4, 0.5) is 5.69 Å². The number of aliphatic hydroxyl groups is 1. The summed E-state index contributed by atoms with van der Waals surface area (Å²) in [6.45, 7) is 3.62. The second-order valence-corrected chi connectivity index (χ2v) is 8.33. The maximum atomic E-state index is 13.6. The number of imidazole rings is 1. The first-order chi connectivity index (χ1) is 16.0. The summed E-state index contributed by atoms with van der Waals surface area (Å²) in [6, 6.07) is 15.1. The van der Waals surface area contributed by atoms with Crippen molar-refractivity contribution < 1.29 is 14.4 Å². The molecule has 8 nitrogen and oxygen atoms in total. The first-order valence-electron chi connectivity index (χ1n) is 10.8. The van der Waals surface area contributed by atoms with Gasteiger partial charge in [-0.05, 0) is 37.1 Å². The van der Waals surface area contributed by atoms with E-state index in [0.717, 1.165) is 45.1 Å². The second-order valence-electron chi connectivity index (χ2n) is 8.33. The Morgan fingerprint density at radius 2 is 1.74 bits per heavy atom. The van der Waals surface area contributed by atoms with Crippen molar-refractivity contribution in [3.8, 4) is 11.1 Å². The summed E-state index contributed by atoms with van der Waals surface area (Å²) in [6.07, 6.45) is 3.80. The lowest BCUT2D eigenvalue weighted by atomic mass is 9.81. The summed E-state index contributed by atoms with van der Waals surface area (Å²) in [5, 5.41) is 20.8. The minimum atomic E-state index is -1.18. The number of aromatic nitrogens is 3. The van der Waals surface area contributed by atoms with Crippen molar-refractivity contribution in [1.29, 1.82) is 0 Å². The zero-order chi connectivity index (χ0) is 23.0. The van der Waals surface area contributed by atoms with E-state index in [-0.39, 0.29) is 63.1 Å². The van der Waals surface area contributed by atoms with E-state index in [1.807, 2.05) is 62.4 Å². The summed E-state index contributed by atoms with van der Waals surface area (Å²) in [7, 11) is 0. The fraction of sp³-hybridized carbons (Fsp3) is 0.367. The van der Waals surface area contributed by atoms with E-state index in [1.165, 1.54) is 0 Å². The Balaban J connectivity index is 0. The van der Waals surface area contributed by atoms with Crippen LogP contribution in [0.2, 0.25) is 0 Å². The number of carbonyl (C=O) groups is 1. The van der Waals surface area contributed by atoms with E-state index in [4.69, 9.17) is 4.52 Å². The molecule has 4 aromatic rings. The number of hydrogen-bond acceptors (Lipinski definition) is 6. The summed E-state index contributed by atoms with van der Waals surface area (Å²) in [4.78, 5) is 20.8. The molecule has 9 heteroatoms. The number of nitrogens with zero attached hydrogens (tertiary/aromatic N) is 2. The molecule has 1 unspecified atom stereocenters. The number of rotatable bonds is 7. The van der Waals surface area contributed by atoms with Crippen LogP contribution >= 0.6 is 13.5 Å². The number of hydrogen-bond donors (Lipinski definition) is 4. The van der Waals surface area contributed by atoms with E-state index >= 15 is 0 Å². The minimum Gasteiger partial charge on any atom is -0.395 e. The van der Waals surface area contributed by atoms with Gasteiger partial charge in [0.25, 0.3) is 5.91 Å². The normalized spacial score (nSPS) is 15.4. The standard InChI is InChI=1S/C25H25N5O3.5CH4.H2S/c1-15-23(16(2)33-30-15)17-8-9-22-21(10-17)25(24(32)28-22,18-6-4-3-5-7-18)29-20(13-31)11-19-12-26-14-27-19;;;;;;/h3-10,12,14,20,29,31H,11,13H2,1-2H3,(H,26,27)(H,28,32);5*1H4;1H2/t20-,25?;;;;;;/m0....../s1. The van der Waals surface area contributed by atoms with E-state index in [1.54, 1.807) is 12.5 Å². The quantitative estimate of drug-likeness (QED) is 0.210. The number of aryl methyl sites for hydroxylation is 2. The number of fused-ring (bicyclic) bond motifs is 1. The molecule has 0 aliphatic carbocycles. The van der Waals surface area contributed by atoms with Gasteiger partial charge in [0.1, 0.15) is 5.76 Å². The molecule has 2 atom stereocenters. The molecule has 2 aromatic carbocycles. The number of aromatic amines is 1.